The van der Waals surface area contributed by atoms with E-state index in [0.717, 1.165) is 12.8 Å². The van der Waals surface area contributed by atoms with Crippen molar-refractivity contribution >= 4 is 5.78 Å². The van der Waals surface area contributed by atoms with Crippen molar-refractivity contribution in [1.82, 2.24) is 4.90 Å². The van der Waals surface area contributed by atoms with Gasteiger partial charge in [0, 0.05) is 25.4 Å². The van der Waals surface area contributed by atoms with Crippen LogP contribution in [0.15, 0.2) is 0 Å². The van der Waals surface area contributed by atoms with Crippen LogP contribution in [0.25, 0.3) is 0 Å². The Morgan fingerprint density at radius 3 is 2.82 bits per heavy atom. The van der Waals surface area contributed by atoms with E-state index in [1.807, 2.05) is 0 Å². The molecule has 0 aromatic rings. The molecule has 1 N–H and O–H groups in total. The fourth-order valence-electron chi connectivity index (χ4n) is 2.41. The summed E-state index contributed by atoms with van der Waals surface area (Å²) in [4.78, 5) is 13.2. The number of aliphatic hydroxyl groups excluding tert-OH is 1. The molecule has 0 saturated heterocycles. The summed E-state index contributed by atoms with van der Waals surface area (Å²) in [5.74, 6) is 0.532. The van der Waals surface area contributed by atoms with E-state index in [-0.39, 0.29) is 31.4 Å². The maximum Gasteiger partial charge on any atom is 0.251 e. The minimum atomic E-state index is -2.42. The number of nitrogens with zero attached hydrogens (tertiary/aromatic N) is 1. The largest absolute Gasteiger partial charge is 0.395 e. The van der Waals surface area contributed by atoms with Gasteiger partial charge in [0.2, 0.25) is 0 Å². The summed E-state index contributed by atoms with van der Waals surface area (Å²) in [6, 6.07) is 0. The Balaban J connectivity index is 2.49. The van der Waals surface area contributed by atoms with Gasteiger partial charge in [0.1, 0.15) is 5.78 Å². The fraction of sp³-hybridized carbons (Fsp3) is 0.917. The molecule has 17 heavy (non-hydrogen) atoms. The van der Waals surface area contributed by atoms with Crippen molar-refractivity contribution in [3.63, 3.8) is 0 Å². The second-order valence-electron chi connectivity index (χ2n) is 4.92. The monoisotopic (exact) mass is 249 g/mol. The first-order valence-corrected chi connectivity index (χ1v) is 6.17. The average molecular weight is 249 g/mol. The lowest BCUT2D eigenvalue weighted by atomic mass is 9.81. The van der Waals surface area contributed by atoms with Crippen LogP contribution < -0.4 is 0 Å². The highest BCUT2D eigenvalue weighted by Crippen LogP contribution is 2.26. The smallest absolute Gasteiger partial charge is 0.251 e. The van der Waals surface area contributed by atoms with Gasteiger partial charge >= 0.3 is 0 Å². The zero-order valence-corrected chi connectivity index (χ0v) is 10.2. The average Bonchev–Trinajstić information content (AvgIpc) is 2.23. The predicted molar refractivity (Wildman–Crippen MR) is 61.0 cm³/mol. The molecule has 0 heterocycles. The molecule has 0 aromatic heterocycles. The van der Waals surface area contributed by atoms with Crippen LogP contribution in [0, 0.1) is 11.8 Å². The van der Waals surface area contributed by atoms with Crippen LogP contribution in [0.2, 0.25) is 0 Å². The van der Waals surface area contributed by atoms with Crippen molar-refractivity contribution in [1.29, 1.82) is 0 Å². The maximum atomic E-state index is 12.3. The molecular weight excluding hydrogens is 228 g/mol. The van der Waals surface area contributed by atoms with Gasteiger partial charge in [0.15, 0.2) is 0 Å². The number of hydrogen-bond acceptors (Lipinski definition) is 3. The molecule has 1 aliphatic rings. The molecule has 2 unspecified atom stereocenters. The zero-order chi connectivity index (χ0) is 12.8. The summed E-state index contributed by atoms with van der Waals surface area (Å²) in [5.41, 5.74) is 0. The molecule has 1 rings (SSSR count). The van der Waals surface area contributed by atoms with E-state index in [9.17, 15) is 13.6 Å². The summed E-state index contributed by atoms with van der Waals surface area (Å²) >= 11 is 0. The van der Waals surface area contributed by atoms with Gasteiger partial charge < -0.3 is 5.11 Å². The normalized spacial score (nSPS) is 25.9. The molecule has 0 amide bonds. The lowest BCUT2D eigenvalue weighted by Gasteiger charge is -2.30. The van der Waals surface area contributed by atoms with E-state index < -0.39 is 6.43 Å². The van der Waals surface area contributed by atoms with E-state index in [2.05, 4.69) is 6.92 Å². The Morgan fingerprint density at radius 2 is 2.24 bits per heavy atom. The maximum absolute atomic E-state index is 12.3. The minimum Gasteiger partial charge on any atom is -0.395 e. The van der Waals surface area contributed by atoms with Crippen molar-refractivity contribution in [2.24, 2.45) is 11.8 Å². The molecule has 3 nitrogen and oxygen atoms in total. The quantitative estimate of drug-likeness (QED) is 0.776. The van der Waals surface area contributed by atoms with Gasteiger partial charge in [-0.25, -0.2) is 8.78 Å². The molecule has 0 aliphatic heterocycles. The van der Waals surface area contributed by atoms with Crippen LogP contribution in [0.1, 0.15) is 26.2 Å². The summed E-state index contributed by atoms with van der Waals surface area (Å²) in [7, 11) is 0. The van der Waals surface area contributed by atoms with Crippen LogP contribution >= 0.6 is 0 Å². The summed E-state index contributed by atoms with van der Waals surface area (Å²) in [6.45, 7) is 2.14. The van der Waals surface area contributed by atoms with Crippen molar-refractivity contribution in [2.45, 2.75) is 32.6 Å². The molecule has 0 bridgehead atoms. The van der Waals surface area contributed by atoms with Crippen molar-refractivity contribution in [3.8, 4) is 0 Å². The van der Waals surface area contributed by atoms with Crippen LogP contribution in [-0.2, 0) is 4.79 Å². The number of aliphatic hydroxyl groups is 1. The topological polar surface area (TPSA) is 40.5 Å². The number of ketones is 1. The lowest BCUT2D eigenvalue weighted by Crippen LogP contribution is -2.40. The van der Waals surface area contributed by atoms with E-state index in [1.165, 1.54) is 4.90 Å². The van der Waals surface area contributed by atoms with Gasteiger partial charge in [-0.3, -0.25) is 9.69 Å². The van der Waals surface area contributed by atoms with E-state index in [1.54, 1.807) is 0 Å². The van der Waals surface area contributed by atoms with Crippen LogP contribution in [0.4, 0.5) is 8.78 Å². The highest BCUT2D eigenvalue weighted by atomic mass is 19.3. The van der Waals surface area contributed by atoms with Crippen molar-refractivity contribution in [2.75, 3.05) is 26.2 Å². The standard InChI is InChI=1S/C12H21F2NO2/c1-9-2-3-11(17)10(6-9)7-15(4-5-16)8-12(13)14/h9-10,12,16H,2-8H2,1H3. The number of alkyl halides is 2. The molecular formula is C12H21F2NO2. The number of hydrogen-bond donors (Lipinski definition) is 1. The summed E-state index contributed by atoms with van der Waals surface area (Å²) in [6.07, 6.45) is -0.167. The Labute approximate surface area is 101 Å². The van der Waals surface area contributed by atoms with E-state index >= 15 is 0 Å². The SMILES string of the molecule is CC1CCC(=O)C(CN(CCO)CC(F)F)C1. The number of carbonyl (C=O) groups excluding carboxylic acids is 1. The first-order valence-electron chi connectivity index (χ1n) is 6.17. The van der Waals surface area contributed by atoms with Crippen LogP contribution in [0.3, 0.4) is 0 Å². The molecule has 1 fully saturated rings. The predicted octanol–water partition coefficient (Wildman–Crippen LogP) is 1.55. The Hall–Kier alpha value is -0.550. The highest BCUT2D eigenvalue weighted by Gasteiger charge is 2.28. The molecule has 1 aliphatic carbocycles. The van der Waals surface area contributed by atoms with Gasteiger partial charge in [0.05, 0.1) is 13.2 Å². The Kier molecular flexibility index (Phi) is 5.98. The summed E-state index contributed by atoms with van der Waals surface area (Å²) < 4.78 is 24.7. The molecule has 1 saturated carbocycles. The van der Waals surface area contributed by atoms with Crippen molar-refractivity contribution < 1.29 is 18.7 Å². The number of carbonyl (C=O) groups is 1. The number of halogens is 2. The van der Waals surface area contributed by atoms with E-state index in [4.69, 9.17) is 5.11 Å². The lowest BCUT2D eigenvalue weighted by molar-refractivity contribution is -0.126. The Morgan fingerprint density at radius 1 is 1.53 bits per heavy atom. The molecule has 100 valence electrons. The number of Topliss-reactive ketones (excluding diaryl/α,β-unsaturated/α-hetero) is 1. The van der Waals surface area contributed by atoms with Gasteiger partial charge in [-0.05, 0) is 18.8 Å². The van der Waals surface area contributed by atoms with Gasteiger partial charge in [-0.2, -0.15) is 0 Å². The minimum absolute atomic E-state index is 0.135. The fourth-order valence-corrected chi connectivity index (χ4v) is 2.41. The third-order valence-corrected chi connectivity index (χ3v) is 3.32. The first kappa shape index (κ1) is 14.5. The Bertz CT molecular complexity index is 249. The second-order valence-corrected chi connectivity index (χ2v) is 4.92. The molecule has 0 radical (unpaired) electrons. The van der Waals surface area contributed by atoms with Crippen molar-refractivity contribution in [3.05, 3.63) is 0 Å². The third kappa shape index (κ3) is 5.08. The van der Waals surface area contributed by atoms with Crippen LogP contribution in [0.5, 0.6) is 0 Å². The van der Waals surface area contributed by atoms with Gasteiger partial charge in [0.25, 0.3) is 6.43 Å². The van der Waals surface area contributed by atoms with E-state index in [0.29, 0.717) is 18.9 Å². The van der Waals surface area contributed by atoms with Crippen LogP contribution in [-0.4, -0.2) is 48.5 Å². The number of rotatable bonds is 6. The molecule has 5 heteroatoms. The zero-order valence-electron chi connectivity index (χ0n) is 10.2. The molecule has 0 spiro atoms. The summed E-state index contributed by atoms with van der Waals surface area (Å²) in [5, 5.41) is 8.83. The third-order valence-electron chi connectivity index (χ3n) is 3.32. The first-order chi connectivity index (χ1) is 8.02. The van der Waals surface area contributed by atoms with Gasteiger partial charge in [-0.15, -0.1) is 0 Å². The highest BCUT2D eigenvalue weighted by molar-refractivity contribution is 5.81. The van der Waals surface area contributed by atoms with Gasteiger partial charge in [-0.1, -0.05) is 6.92 Å². The molecule has 2 atom stereocenters. The molecule has 0 aromatic carbocycles. The second kappa shape index (κ2) is 7.01.